The molecule has 2 fully saturated rings. The molecule has 1 aliphatic carbocycles. The number of carbonyl (C=O) groups excluding carboxylic acids is 2. The van der Waals surface area contributed by atoms with Crippen molar-refractivity contribution in [2.75, 3.05) is 13.1 Å². The lowest BCUT2D eigenvalue weighted by Gasteiger charge is -2.37. The lowest BCUT2D eigenvalue weighted by atomic mass is 9.69. The van der Waals surface area contributed by atoms with Gasteiger partial charge in [-0.25, -0.2) is 13.2 Å². The number of hydrogen-bond acceptors (Lipinski definition) is 2. The molecule has 1 saturated carbocycles. The normalized spacial score (nSPS) is 22.8. The van der Waals surface area contributed by atoms with Crippen molar-refractivity contribution >= 4 is 22.7 Å². The molecule has 1 aliphatic heterocycles. The van der Waals surface area contributed by atoms with E-state index >= 15 is 0 Å². The van der Waals surface area contributed by atoms with E-state index < -0.39 is 23.4 Å². The van der Waals surface area contributed by atoms with Crippen LogP contribution in [0.25, 0.3) is 22.2 Å². The summed E-state index contributed by atoms with van der Waals surface area (Å²) in [7, 11) is 0. The minimum Gasteiger partial charge on any atom is -0.369 e. The smallest absolute Gasteiger partial charge is 0.225 e. The number of aromatic nitrogens is 1. The van der Waals surface area contributed by atoms with Crippen LogP contribution in [0, 0.1) is 29.3 Å². The SMILES string of the molecule is NC(=O)[C@H]1CCN(C(=O)[C@H]2C[C@H](c3c(-c4ccc(F)cc4)[nH]c4c(F)cc(F)cc43)C2)C1. The van der Waals surface area contributed by atoms with E-state index in [1.807, 2.05) is 0 Å². The molecule has 2 amide bonds. The first-order valence-corrected chi connectivity index (χ1v) is 10.7. The summed E-state index contributed by atoms with van der Waals surface area (Å²) < 4.78 is 42.0. The number of rotatable bonds is 4. The molecular formula is C24H22F3N3O2. The van der Waals surface area contributed by atoms with Gasteiger partial charge in [-0.15, -0.1) is 0 Å². The number of amides is 2. The zero-order valence-corrected chi connectivity index (χ0v) is 17.2. The first-order valence-electron chi connectivity index (χ1n) is 10.7. The monoisotopic (exact) mass is 441 g/mol. The minimum absolute atomic E-state index is 0.00876. The summed E-state index contributed by atoms with van der Waals surface area (Å²) in [5.41, 5.74) is 7.57. The Labute approximate surface area is 182 Å². The molecule has 3 aromatic rings. The Kier molecular flexibility index (Phi) is 4.95. The number of fused-ring (bicyclic) bond motifs is 1. The molecule has 3 N–H and O–H groups in total. The Morgan fingerprint density at radius 1 is 1.00 bits per heavy atom. The molecule has 0 radical (unpaired) electrons. The fourth-order valence-electron chi connectivity index (χ4n) is 5.01. The van der Waals surface area contributed by atoms with Crippen molar-refractivity contribution in [3.8, 4) is 11.3 Å². The second kappa shape index (κ2) is 7.69. The van der Waals surface area contributed by atoms with Crippen LogP contribution in [0.4, 0.5) is 13.2 Å². The number of nitrogens with zero attached hydrogens (tertiary/aromatic N) is 1. The van der Waals surface area contributed by atoms with E-state index in [9.17, 15) is 22.8 Å². The highest BCUT2D eigenvalue weighted by atomic mass is 19.1. The Morgan fingerprint density at radius 2 is 1.72 bits per heavy atom. The topological polar surface area (TPSA) is 79.2 Å². The van der Waals surface area contributed by atoms with E-state index in [4.69, 9.17) is 5.73 Å². The number of primary amides is 1. The van der Waals surface area contributed by atoms with Gasteiger partial charge in [0.2, 0.25) is 11.8 Å². The van der Waals surface area contributed by atoms with Crippen LogP contribution in [0.2, 0.25) is 0 Å². The molecule has 2 heterocycles. The van der Waals surface area contributed by atoms with E-state index in [0.29, 0.717) is 49.0 Å². The molecule has 1 atom stereocenters. The van der Waals surface area contributed by atoms with Gasteiger partial charge in [-0.3, -0.25) is 9.59 Å². The van der Waals surface area contributed by atoms with Crippen LogP contribution in [-0.4, -0.2) is 34.8 Å². The first-order chi connectivity index (χ1) is 15.3. The van der Waals surface area contributed by atoms with Gasteiger partial charge in [-0.2, -0.15) is 0 Å². The van der Waals surface area contributed by atoms with E-state index in [2.05, 4.69) is 4.98 Å². The van der Waals surface area contributed by atoms with E-state index in [1.54, 1.807) is 17.0 Å². The molecule has 0 unspecified atom stereocenters. The van der Waals surface area contributed by atoms with Gasteiger partial charge in [0.25, 0.3) is 0 Å². The zero-order valence-electron chi connectivity index (χ0n) is 17.2. The summed E-state index contributed by atoms with van der Waals surface area (Å²) in [4.78, 5) is 29.0. The molecule has 32 heavy (non-hydrogen) atoms. The highest BCUT2D eigenvalue weighted by Gasteiger charge is 2.42. The molecule has 5 nitrogen and oxygen atoms in total. The summed E-state index contributed by atoms with van der Waals surface area (Å²) in [6.45, 7) is 0.859. The van der Waals surface area contributed by atoms with Crippen molar-refractivity contribution in [3.63, 3.8) is 0 Å². The van der Waals surface area contributed by atoms with Crippen LogP contribution in [-0.2, 0) is 9.59 Å². The van der Waals surface area contributed by atoms with Gasteiger partial charge < -0.3 is 15.6 Å². The number of H-pyrrole nitrogens is 1. The number of nitrogens with one attached hydrogen (secondary N) is 1. The molecular weight excluding hydrogens is 419 g/mol. The van der Waals surface area contributed by atoms with Crippen molar-refractivity contribution in [1.82, 2.24) is 9.88 Å². The van der Waals surface area contributed by atoms with Crippen molar-refractivity contribution in [1.29, 1.82) is 0 Å². The van der Waals surface area contributed by atoms with Crippen LogP contribution in [0.15, 0.2) is 36.4 Å². The molecule has 166 valence electrons. The number of carbonyl (C=O) groups is 2. The third-order valence-corrected chi connectivity index (χ3v) is 6.80. The Balaban J connectivity index is 1.44. The predicted molar refractivity (Wildman–Crippen MR) is 113 cm³/mol. The molecule has 1 aromatic heterocycles. The van der Waals surface area contributed by atoms with E-state index in [0.717, 1.165) is 11.6 Å². The van der Waals surface area contributed by atoms with Crippen LogP contribution in [0.5, 0.6) is 0 Å². The van der Waals surface area contributed by atoms with Gasteiger partial charge in [-0.1, -0.05) is 0 Å². The van der Waals surface area contributed by atoms with Gasteiger partial charge in [-0.05, 0) is 66.6 Å². The molecule has 0 bridgehead atoms. The zero-order chi connectivity index (χ0) is 22.6. The number of halogens is 3. The maximum atomic E-state index is 14.5. The summed E-state index contributed by atoms with van der Waals surface area (Å²) in [6, 6.07) is 7.94. The molecule has 2 aliphatic rings. The third kappa shape index (κ3) is 3.43. The lowest BCUT2D eigenvalue weighted by molar-refractivity contribution is -0.137. The van der Waals surface area contributed by atoms with Gasteiger partial charge in [0, 0.05) is 30.5 Å². The van der Waals surface area contributed by atoms with Crippen molar-refractivity contribution in [2.24, 2.45) is 17.6 Å². The van der Waals surface area contributed by atoms with Crippen LogP contribution in [0.1, 0.15) is 30.7 Å². The molecule has 5 rings (SSSR count). The van der Waals surface area contributed by atoms with Gasteiger partial charge in [0.05, 0.1) is 17.1 Å². The van der Waals surface area contributed by atoms with Crippen molar-refractivity contribution < 1.29 is 22.8 Å². The van der Waals surface area contributed by atoms with Gasteiger partial charge in [0.15, 0.2) is 0 Å². The molecule has 8 heteroatoms. The van der Waals surface area contributed by atoms with E-state index in [1.165, 1.54) is 18.2 Å². The number of likely N-dealkylation sites (tertiary alicyclic amines) is 1. The van der Waals surface area contributed by atoms with Crippen LogP contribution < -0.4 is 5.73 Å². The maximum Gasteiger partial charge on any atom is 0.225 e. The third-order valence-electron chi connectivity index (χ3n) is 6.80. The first kappa shape index (κ1) is 20.6. The quantitative estimate of drug-likeness (QED) is 0.640. The van der Waals surface area contributed by atoms with Gasteiger partial charge >= 0.3 is 0 Å². The second-order valence-corrected chi connectivity index (χ2v) is 8.77. The predicted octanol–water partition coefficient (Wildman–Crippen LogP) is 4.08. The minimum atomic E-state index is -0.698. The fraction of sp³-hybridized carbons (Fsp3) is 0.333. The highest BCUT2D eigenvalue weighted by Crippen LogP contribution is 2.49. The largest absolute Gasteiger partial charge is 0.369 e. The molecule has 2 aromatic carbocycles. The maximum absolute atomic E-state index is 14.5. The fourth-order valence-corrected chi connectivity index (χ4v) is 5.01. The molecule has 0 spiro atoms. The summed E-state index contributed by atoms with van der Waals surface area (Å²) in [5.74, 6) is -2.76. The van der Waals surface area contributed by atoms with Gasteiger partial charge in [0.1, 0.15) is 17.5 Å². The highest BCUT2D eigenvalue weighted by molar-refractivity contribution is 5.92. The van der Waals surface area contributed by atoms with Crippen molar-refractivity contribution in [2.45, 2.75) is 25.2 Å². The summed E-state index contributed by atoms with van der Waals surface area (Å²) in [5, 5.41) is 0.438. The average Bonchev–Trinajstić information content (AvgIpc) is 3.34. The number of aromatic amines is 1. The van der Waals surface area contributed by atoms with Crippen LogP contribution in [0.3, 0.4) is 0 Å². The summed E-state index contributed by atoms with van der Waals surface area (Å²) >= 11 is 0. The summed E-state index contributed by atoms with van der Waals surface area (Å²) in [6.07, 6.45) is 1.65. The van der Waals surface area contributed by atoms with Crippen LogP contribution >= 0.6 is 0 Å². The molecule has 1 saturated heterocycles. The number of benzene rings is 2. The average molecular weight is 441 g/mol. The Bertz CT molecular complexity index is 1220. The second-order valence-electron chi connectivity index (χ2n) is 8.77. The van der Waals surface area contributed by atoms with Crippen molar-refractivity contribution in [3.05, 3.63) is 59.4 Å². The van der Waals surface area contributed by atoms with E-state index in [-0.39, 0.29) is 29.2 Å². The Hall–Kier alpha value is -3.29. The standard InChI is InChI=1S/C24H22F3N3O2/c25-16-3-1-12(2-4-16)21-20(18-9-17(26)10-19(27)22(18)29-21)14-7-15(8-14)24(32)30-6-5-13(11-30)23(28)31/h1-4,9-10,13-15,29H,5-8,11H2,(H2,28,31)/t13-,14-,15-/m0/s1. The number of nitrogens with two attached hydrogens (primary N) is 1. The lowest BCUT2D eigenvalue weighted by Crippen LogP contribution is -2.40. The Morgan fingerprint density at radius 3 is 2.38 bits per heavy atom. The number of hydrogen-bond donors (Lipinski definition) is 2.